The standard InChI is InChI=1S/C7H3Cl2NO4/c8-5-2-3(10(13)14)1-4(6(5)9)7(11)12/h1-2H,(H,11,12). The maximum absolute atomic E-state index is 10.6. The normalized spacial score (nSPS) is 9.86. The Morgan fingerprint density at radius 2 is 2.00 bits per heavy atom. The van der Waals surface area contributed by atoms with Crippen LogP contribution in [0.1, 0.15) is 10.4 Å². The third kappa shape index (κ3) is 1.94. The molecule has 0 amide bonds. The van der Waals surface area contributed by atoms with Gasteiger partial charge in [-0.25, -0.2) is 4.79 Å². The molecule has 0 aliphatic rings. The van der Waals surface area contributed by atoms with E-state index >= 15 is 0 Å². The van der Waals surface area contributed by atoms with Gasteiger partial charge in [0, 0.05) is 12.1 Å². The molecule has 1 aromatic carbocycles. The Hall–Kier alpha value is -1.33. The largest absolute Gasteiger partial charge is 0.478 e. The molecule has 0 aliphatic heterocycles. The second kappa shape index (κ2) is 3.81. The highest BCUT2D eigenvalue weighted by Crippen LogP contribution is 2.30. The van der Waals surface area contributed by atoms with Crippen molar-refractivity contribution in [1.29, 1.82) is 0 Å². The summed E-state index contributed by atoms with van der Waals surface area (Å²) in [5.41, 5.74) is -0.789. The van der Waals surface area contributed by atoms with Crippen molar-refractivity contribution < 1.29 is 14.8 Å². The second-order valence-electron chi connectivity index (χ2n) is 2.35. The summed E-state index contributed by atoms with van der Waals surface area (Å²) < 4.78 is 0. The van der Waals surface area contributed by atoms with Crippen LogP contribution in [-0.2, 0) is 0 Å². The van der Waals surface area contributed by atoms with Crippen LogP contribution in [0.3, 0.4) is 0 Å². The lowest BCUT2D eigenvalue weighted by Crippen LogP contribution is -1.99. The van der Waals surface area contributed by atoms with E-state index in [-0.39, 0.29) is 15.6 Å². The van der Waals surface area contributed by atoms with Crippen LogP contribution in [-0.4, -0.2) is 16.0 Å². The van der Waals surface area contributed by atoms with Crippen LogP contribution >= 0.6 is 23.2 Å². The number of hydrogen-bond donors (Lipinski definition) is 1. The molecule has 7 heteroatoms. The molecule has 0 spiro atoms. The van der Waals surface area contributed by atoms with Crippen molar-refractivity contribution >= 4 is 34.9 Å². The van der Waals surface area contributed by atoms with Crippen molar-refractivity contribution in [3.05, 3.63) is 37.9 Å². The van der Waals surface area contributed by atoms with Crippen molar-refractivity contribution in [3.63, 3.8) is 0 Å². The maximum atomic E-state index is 10.6. The number of non-ortho nitro benzene ring substituents is 1. The lowest BCUT2D eigenvalue weighted by atomic mass is 10.2. The molecule has 0 fully saturated rings. The highest BCUT2D eigenvalue weighted by Gasteiger charge is 2.18. The molecule has 0 radical (unpaired) electrons. The second-order valence-corrected chi connectivity index (χ2v) is 3.14. The van der Waals surface area contributed by atoms with E-state index in [9.17, 15) is 14.9 Å². The number of carboxylic acids is 1. The Balaban J connectivity index is 3.43. The number of hydrogen-bond acceptors (Lipinski definition) is 3. The molecule has 1 rings (SSSR count). The zero-order valence-corrected chi connectivity index (χ0v) is 8.04. The Morgan fingerprint density at radius 3 is 2.43 bits per heavy atom. The van der Waals surface area contributed by atoms with Gasteiger partial charge in [-0.3, -0.25) is 10.1 Å². The smallest absolute Gasteiger partial charge is 0.337 e. The minimum Gasteiger partial charge on any atom is -0.478 e. The predicted octanol–water partition coefficient (Wildman–Crippen LogP) is 2.60. The summed E-state index contributed by atoms with van der Waals surface area (Å²) in [5, 5.41) is 18.6. The van der Waals surface area contributed by atoms with Crippen LogP contribution in [0.4, 0.5) is 5.69 Å². The van der Waals surface area contributed by atoms with Crippen molar-refractivity contribution in [2.24, 2.45) is 0 Å². The first-order valence-corrected chi connectivity index (χ1v) is 4.06. The number of halogens is 2. The molecule has 0 saturated heterocycles. The summed E-state index contributed by atoms with van der Waals surface area (Å²) in [6.07, 6.45) is 0. The van der Waals surface area contributed by atoms with Crippen molar-refractivity contribution in [1.82, 2.24) is 0 Å². The molecule has 5 nitrogen and oxygen atoms in total. The van der Waals surface area contributed by atoms with E-state index in [1.807, 2.05) is 0 Å². The third-order valence-corrected chi connectivity index (χ3v) is 2.26. The lowest BCUT2D eigenvalue weighted by molar-refractivity contribution is -0.384. The minimum atomic E-state index is -1.36. The summed E-state index contributed by atoms with van der Waals surface area (Å²) in [4.78, 5) is 20.2. The van der Waals surface area contributed by atoms with E-state index in [0.717, 1.165) is 12.1 Å². The molecule has 0 heterocycles. The highest BCUT2D eigenvalue weighted by atomic mass is 35.5. The summed E-state index contributed by atoms with van der Waals surface area (Å²) in [6, 6.07) is 1.85. The van der Waals surface area contributed by atoms with Gasteiger partial charge in [0.2, 0.25) is 0 Å². The maximum Gasteiger partial charge on any atom is 0.337 e. The van der Waals surface area contributed by atoms with Gasteiger partial charge in [0.25, 0.3) is 5.69 Å². The van der Waals surface area contributed by atoms with Gasteiger partial charge in [0.05, 0.1) is 20.5 Å². The van der Waals surface area contributed by atoms with Gasteiger partial charge in [-0.1, -0.05) is 23.2 Å². The molecule has 74 valence electrons. The summed E-state index contributed by atoms with van der Waals surface area (Å²) >= 11 is 11.0. The summed E-state index contributed by atoms with van der Waals surface area (Å²) in [5.74, 6) is -1.36. The first-order chi connectivity index (χ1) is 6.43. The van der Waals surface area contributed by atoms with Crippen LogP contribution in [0.2, 0.25) is 10.0 Å². The zero-order chi connectivity index (χ0) is 10.9. The van der Waals surface area contributed by atoms with Gasteiger partial charge in [0.15, 0.2) is 0 Å². The lowest BCUT2D eigenvalue weighted by Gasteiger charge is -2.00. The number of nitro groups is 1. The van der Waals surface area contributed by atoms with Crippen molar-refractivity contribution in [2.75, 3.05) is 0 Å². The average molecular weight is 236 g/mol. The van der Waals surface area contributed by atoms with E-state index < -0.39 is 16.6 Å². The molecular weight excluding hydrogens is 233 g/mol. The van der Waals surface area contributed by atoms with Gasteiger partial charge >= 0.3 is 5.97 Å². The quantitative estimate of drug-likeness (QED) is 0.631. The molecule has 0 unspecified atom stereocenters. The van der Waals surface area contributed by atoms with E-state index in [0.29, 0.717) is 0 Å². The number of carbonyl (C=O) groups is 1. The zero-order valence-electron chi connectivity index (χ0n) is 6.53. The van der Waals surface area contributed by atoms with Crippen molar-refractivity contribution in [2.45, 2.75) is 0 Å². The van der Waals surface area contributed by atoms with Crippen LogP contribution < -0.4 is 0 Å². The van der Waals surface area contributed by atoms with Crippen molar-refractivity contribution in [3.8, 4) is 0 Å². The topological polar surface area (TPSA) is 80.4 Å². The number of nitro benzene ring substituents is 1. The van der Waals surface area contributed by atoms with Gasteiger partial charge in [-0.05, 0) is 0 Å². The Bertz CT molecular complexity index is 418. The van der Waals surface area contributed by atoms with E-state index in [1.165, 1.54) is 0 Å². The first-order valence-electron chi connectivity index (χ1n) is 3.30. The molecule has 0 bridgehead atoms. The monoisotopic (exact) mass is 235 g/mol. The fraction of sp³-hybridized carbons (Fsp3) is 0. The van der Waals surface area contributed by atoms with Gasteiger partial charge in [0.1, 0.15) is 0 Å². The van der Waals surface area contributed by atoms with E-state index in [4.69, 9.17) is 28.3 Å². The average Bonchev–Trinajstić information content (AvgIpc) is 2.08. The third-order valence-electron chi connectivity index (χ3n) is 1.45. The molecule has 0 atom stereocenters. The molecule has 0 aromatic heterocycles. The molecule has 1 aromatic rings. The molecule has 14 heavy (non-hydrogen) atoms. The molecular formula is C7H3Cl2NO4. The number of aromatic carboxylic acids is 1. The first kappa shape index (κ1) is 10.7. The number of rotatable bonds is 2. The Labute approximate surface area is 88.0 Å². The predicted molar refractivity (Wildman–Crippen MR) is 50.1 cm³/mol. The Kier molecular flexibility index (Phi) is 2.93. The molecule has 0 saturated carbocycles. The van der Waals surface area contributed by atoms with Crippen LogP contribution in [0.25, 0.3) is 0 Å². The fourth-order valence-electron chi connectivity index (χ4n) is 0.836. The van der Waals surface area contributed by atoms with Crippen LogP contribution in [0, 0.1) is 10.1 Å². The van der Waals surface area contributed by atoms with Crippen LogP contribution in [0.15, 0.2) is 12.1 Å². The number of benzene rings is 1. The number of nitrogens with zero attached hydrogens (tertiary/aromatic N) is 1. The molecule has 0 aliphatic carbocycles. The van der Waals surface area contributed by atoms with E-state index in [1.54, 1.807) is 0 Å². The molecule has 1 N–H and O–H groups in total. The summed E-state index contributed by atoms with van der Waals surface area (Å²) in [7, 11) is 0. The van der Waals surface area contributed by atoms with Gasteiger partial charge in [-0.15, -0.1) is 0 Å². The van der Waals surface area contributed by atoms with Gasteiger partial charge in [-0.2, -0.15) is 0 Å². The fourth-order valence-corrected chi connectivity index (χ4v) is 1.24. The minimum absolute atomic E-state index is 0.154. The van der Waals surface area contributed by atoms with Gasteiger partial charge < -0.3 is 5.11 Å². The summed E-state index contributed by atoms with van der Waals surface area (Å²) in [6.45, 7) is 0. The number of carboxylic acid groups (broad SMARTS) is 1. The highest BCUT2D eigenvalue weighted by molar-refractivity contribution is 6.43. The Morgan fingerprint density at radius 1 is 1.43 bits per heavy atom. The SMILES string of the molecule is O=C(O)c1cc([N+](=O)[O-])cc(Cl)c1Cl. The van der Waals surface area contributed by atoms with Crippen LogP contribution in [0.5, 0.6) is 0 Å². The van der Waals surface area contributed by atoms with E-state index in [2.05, 4.69) is 0 Å².